The molecule has 3 rings (SSSR count). The molecule has 0 radical (unpaired) electrons. The zero-order valence-electron chi connectivity index (χ0n) is 17.1. The van der Waals surface area contributed by atoms with Crippen LogP contribution in [0.25, 0.3) is 0 Å². The quantitative estimate of drug-likeness (QED) is 0.666. The van der Waals surface area contributed by atoms with Crippen molar-refractivity contribution in [1.82, 2.24) is 9.29 Å². The lowest BCUT2D eigenvalue weighted by Crippen LogP contribution is -2.35. The molecule has 158 valence electrons. The Bertz CT molecular complexity index is 952. The highest BCUT2D eigenvalue weighted by molar-refractivity contribution is 7.84. The minimum absolute atomic E-state index is 0.0394. The minimum atomic E-state index is -1.20. The molecule has 0 spiro atoms. The number of aryl methyl sites for hydroxylation is 1. The van der Waals surface area contributed by atoms with Crippen LogP contribution in [0.1, 0.15) is 67.7 Å². The number of carbonyl (C=O) groups excluding carboxylic acids is 1. The molecular weight excluding hydrogens is 413 g/mol. The van der Waals surface area contributed by atoms with Gasteiger partial charge in [-0.1, -0.05) is 18.0 Å². The summed E-state index contributed by atoms with van der Waals surface area (Å²) in [6, 6.07) is 4.04. The molecule has 1 aliphatic carbocycles. The molecule has 0 saturated carbocycles. The van der Waals surface area contributed by atoms with Crippen LogP contribution in [0.5, 0.6) is 0 Å². The topological polar surface area (TPSA) is 63.1 Å². The van der Waals surface area contributed by atoms with Crippen LogP contribution in [0.4, 0.5) is 10.1 Å². The third-order valence-electron chi connectivity index (χ3n) is 5.06. The van der Waals surface area contributed by atoms with Crippen molar-refractivity contribution in [2.45, 2.75) is 57.2 Å². The van der Waals surface area contributed by atoms with E-state index in [1.54, 1.807) is 0 Å². The van der Waals surface area contributed by atoms with Crippen LogP contribution in [-0.4, -0.2) is 19.4 Å². The van der Waals surface area contributed by atoms with Crippen LogP contribution in [0.15, 0.2) is 24.4 Å². The van der Waals surface area contributed by atoms with Gasteiger partial charge in [-0.2, -0.15) is 0 Å². The van der Waals surface area contributed by atoms with Crippen molar-refractivity contribution in [3.8, 4) is 0 Å². The number of hydrogen-bond donors (Lipinski definition) is 2. The number of rotatable bonds is 4. The molecule has 0 fully saturated rings. The molecule has 29 heavy (non-hydrogen) atoms. The van der Waals surface area contributed by atoms with Crippen molar-refractivity contribution < 1.29 is 13.4 Å². The van der Waals surface area contributed by atoms with Gasteiger partial charge in [-0.05, 0) is 69.4 Å². The number of amides is 1. The lowest BCUT2D eigenvalue weighted by molar-refractivity contribution is 0.101. The standard InChI is InChI=1S/C21H27ClFN3O2S/c1-21(2,3)29(28)25-18-8-6-5-7-14-15(18)12-26(4)19(14)20(27)24-13-9-10-17(23)16(22)11-13/h9-12,18,25H,5-8H2,1-4H3,(H,24,27). The average molecular weight is 440 g/mol. The summed E-state index contributed by atoms with van der Waals surface area (Å²) in [5.41, 5.74) is 2.99. The Morgan fingerprint density at radius 3 is 2.69 bits per heavy atom. The number of nitrogens with one attached hydrogen (secondary N) is 2. The van der Waals surface area contributed by atoms with E-state index in [4.69, 9.17) is 11.6 Å². The number of carbonyl (C=O) groups is 1. The highest BCUT2D eigenvalue weighted by Crippen LogP contribution is 2.33. The van der Waals surface area contributed by atoms with Crippen molar-refractivity contribution in [2.75, 3.05) is 5.32 Å². The van der Waals surface area contributed by atoms with Gasteiger partial charge < -0.3 is 9.88 Å². The van der Waals surface area contributed by atoms with Crippen molar-refractivity contribution in [2.24, 2.45) is 7.05 Å². The van der Waals surface area contributed by atoms with Gasteiger partial charge in [0.1, 0.15) is 11.5 Å². The number of anilines is 1. The molecule has 2 atom stereocenters. The van der Waals surface area contributed by atoms with Crippen molar-refractivity contribution in [3.63, 3.8) is 0 Å². The molecule has 1 aliphatic rings. The fourth-order valence-electron chi connectivity index (χ4n) is 3.56. The van der Waals surface area contributed by atoms with Crippen LogP contribution in [-0.2, 0) is 24.5 Å². The number of benzene rings is 1. The molecule has 2 aromatic rings. The lowest BCUT2D eigenvalue weighted by atomic mass is 10.0. The smallest absolute Gasteiger partial charge is 0.272 e. The summed E-state index contributed by atoms with van der Waals surface area (Å²) in [6.45, 7) is 5.81. The molecule has 1 aromatic heterocycles. The fraction of sp³-hybridized carbons (Fsp3) is 0.476. The molecule has 0 bridgehead atoms. The first kappa shape index (κ1) is 22.0. The maximum absolute atomic E-state index is 13.4. The van der Waals surface area contributed by atoms with E-state index >= 15 is 0 Å². The molecule has 1 heterocycles. The van der Waals surface area contributed by atoms with Gasteiger partial charge in [0.15, 0.2) is 0 Å². The van der Waals surface area contributed by atoms with E-state index in [0.717, 1.165) is 36.8 Å². The van der Waals surface area contributed by atoms with E-state index in [0.29, 0.717) is 11.4 Å². The van der Waals surface area contributed by atoms with Crippen LogP contribution in [0.3, 0.4) is 0 Å². The molecule has 1 amide bonds. The molecule has 2 N–H and O–H groups in total. The van der Waals surface area contributed by atoms with Gasteiger partial charge in [0.05, 0.1) is 20.8 Å². The van der Waals surface area contributed by atoms with Crippen molar-refractivity contribution >= 4 is 34.2 Å². The number of fused-ring (bicyclic) bond motifs is 1. The van der Waals surface area contributed by atoms with Gasteiger partial charge in [-0.25, -0.2) is 13.3 Å². The zero-order valence-corrected chi connectivity index (χ0v) is 18.7. The highest BCUT2D eigenvalue weighted by atomic mass is 35.5. The molecule has 5 nitrogen and oxygen atoms in total. The van der Waals surface area contributed by atoms with Crippen molar-refractivity contribution in [1.29, 1.82) is 0 Å². The number of hydrogen-bond acceptors (Lipinski definition) is 2. The summed E-state index contributed by atoms with van der Waals surface area (Å²) in [7, 11) is 0.628. The van der Waals surface area contributed by atoms with E-state index in [1.165, 1.54) is 18.2 Å². The molecule has 8 heteroatoms. The predicted molar refractivity (Wildman–Crippen MR) is 116 cm³/mol. The normalized spacial score (nSPS) is 18.1. The van der Waals surface area contributed by atoms with Gasteiger partial charge in [0.2, 0.25) is 0 Å². The number of halogens is 2. The van der Waals surface area contributed by atoms with Crippen LogP contribution < -0.4 is 10.0 Å². The van der Waals surface area contributed by atoms with Gasteiger partial charge in [0.25, 0.3) is 5.91 Å². The SMILES string of the molecule is Cn1cc2c(c1C(=O)Nc1ccc(F)c(Cl)c1)CCCCC2NS(=O)C(C)(C)C. The molecular formula is C21H27ClFN3O2S. The maximum atomic E-state index is 13.4. The molecule has 0 aliphatic heterocycles. The first-order valence-electron chi connectivity index (χ1n) is 9.70. The summed E-state index contributed by atoms with van der Waals surface area (Å²) >= 11 is 5.83. The summed E-state index contributed by atoms with van der Waals surface area (Å²) in [5.74, 6) is -0.799. The third-order valence-corrected chi connectivity index (χ3v) is 6.96. The minimum Gasteiger partial charge on any atom is -0.346 e. The second kappa shape index (κ2) is 8.58. The van der Waals surface area contributed by atoms with Crippen molar-refractivity contribution in [3.05, 3.63) is 52.1 Å². The summed E-state index contributed by atoms with van der Waals surface area (Å²) in [5, 5.41) is 2.77. The monoisotopic (exact) mass is 439 g/mol. The van der Waals surface area contributed by atoms with E-state index < -0.39 is 16.8 Å². The summed E-state index contributed by atoms with van der Waals surface area (Å²) < 4.78 is 30.8. The first-order valence-corrected chi connectivity index (χ1v) is 11.2. The first-order chi connectivity index (χ1) is 13.6. The fourth-order valence-corrected chi connectivity index (χ4v) is 4.60. The number of aromatic nitrogens is 1. The highest BCUT2D eigenvalue weighted by Gasteiger charge is 2.30. The third kappa shape index (κ3) is 4.90. The Morgan fingerprint density at radius 2 is 2.03 bits per heavy atom. The van der Waals surface area contributed by atoms with E-state index in [1.807, 2.05) is 38.6 Å². The Balaban J connectivity index is 1.90. The second-order valence-electron chi connectivity index (χ2n) is 8.40. The van der Waals surface area contributed by atoms with Crippen LogP contribution >= 0.6 is 11.6 Å². The van der Waals surface area contributed by atoms with Gasteiger partial charge >= 0.3 is 0 Å². The largest absolute Gasteiger partial charge is 0.346 e. The Labute approximate surface area is 178 Å². The van der Waals surface area contributed by atoms with E-state index in [2.05, 4.69) is 10.0 Å². The van der Waals surface area contributed by atoms with Crippen LogP contribution in [0.2, 0.25) is 5.02 Å². The second-order valence-corrected chi connectivity index (χ2v) is 10.8. The molecule has 2 unspecified atom stereocenters. The predicted octanol–water partition coefficient (Wildman–Crippen LogP) is 4.89. The van der Waals surface area contributed by atoms with Gasteiger partial charge in [-0.15, -0.1) is 0 Å². The average Bonchev–Trinajstić information content (AvgIpc) is 2.84. The zero-order chi connectivity index (χ0) is 21.3. The maximum Gasteiger partial charge on any atom is 0.272 e. The Morgan fingerprint density at radius 1 is 1.31 bits per heavy atom. The molecule has 0 saturated heterocycles. The molecule has 1 aromatic carbocycles. The van der Waals surface area contributed by atoms with Gasteiger partial charge in [0, 0.05) is 25.0 Å². The summed E-state index contributed by atoms with van der Waals surface area (Å²) in [4.78, 5) is 13.0. The number of nitrogens with zero attached hydrogens (tertiary/aromatic N) is 1. The summed E-state index contributed by atoms with van der Waals surface area (Å²) in [6.07, 6.45) is 5.55. The van der Waals surface area contributed by atoms with E-state index in [-0.39, 0.29) is 21.7 Å². The Kier molecular flexibility index (Phi) is 6.51. The van der Waals surface area contributed by atoms with Crippen LogP contribution in [0, 0.1) is 5.82 Å². The Hall–Kier alpha value is -1.70. The van der Waals surface area contributed by atoms with E-state index in [9.17, 15) is 13.4 Å². The van der Waals surface area contributed by atoms with Gasteiger partial charge in [-0.3, -0.25) is 4.79 Å². The lowest BCUT2D eigenvalue weighted by Gasteiger charge is -2.23.